The summed E-state index contributed by atoms with van der Waals surface area (Å²) >= 11 is 7.31. The molecular weight excluding hydrogens is 280 g/mol. The third-order valence-corrected chi connectivity index (χ3v) is 3.73. The van der Waals surface area contributed by atoms with Crippen LogP contribution in [0.3, 0.4) is 0 Å². The van der Waals surface area contributed by atoms with E-state index in [-0.39, 0.29) is 5.56 Å². The molecule has 0 fully saturated rings. The van der Waals surface area contributed by atoms with Crippen molar-refractivity contribution < 1.29 is 0 Å². The first-order valence-corrected chi connectivity index (χ1v) is 7.64. The van der Waals surface area contributed by atoms with Crippen molar-refractivity contribution in [1.82, 2.24) is 9.97 Å². The lowest BCUT2D eigenvalue weighted by Crippen LogP contribution is -2.18. The van der Waals surface area contributed by atoms with Crippen molar-refractivity contribution in [3.63, 3.8) is 0 Å². The zero-order valence-electron chi connectivity index (χ0n) is 10.9. The van der Waals surface area contributed by atoms with E-state index in [0.717, 1.165) is 23.2 Å². The molecule has 1 N–H and O–H groups in total. The molecule has 0 unspecified atom stereocenters. The Kier molecular flexibility index (Phi) is 4.66. The summed E-state index contributed by atoms with van der Waals surface area (Å²) in [5.41, 5.74) is 2.61. The molecule has 0 saturated carbocycles. The van der Waals surface area contributed by atoms with Gasteiger partial charge in [-0.15, -0.1) is 0 Å². The van der Waals surface area contributed by atoms with Crippen molar-refractivity contribution in [2.24, 2.45) is 0 Å². The third-order valence-electron chi connectivity index (χ3n) is 2.90. The number of rotatable bonds is 4. The number of benzene rings is 1. The Balaban J connectivity index is 2.39. The molecule has 0 aliphatic heterocycles. The Labute approximate surface area is 121 Å². The zero-order valence-corrected chi connectivity index (χ0v) is 12.4. The molecule has 1 aromatic heterocycles. The number of aromatic nitrogens is 2. The molecule has 0 aliphatic rings. The van der Waals surface area contributed by atoms with E-state index in [4.69, 9.17) is 11.6 Å². The quantitative estimate of drug-likeness (QED) is 0.695. The summed E-state index contributed by atoms with van der Waals surface area (Å²) in [4.78, 5) is 19.4. The van der Waals surface area contributed by atoms with Crippen molar-refractivity contribution in [2.45, 2.75) is 24.9 Å². The van der Waals surface area contributed by atoms with E-state index in [9.17, 15) is 4.79 Å². The van der Waals surface area contributed by atoms with Crippen molar-refractivity contribution in [2.75, 3.05) is 6.26 Å². The highest BCUT2D eigenvalue weighted by molar-refractivity contribution is 7.98. The van der Waals surface area contributed by atoms with Gasteiger partial charge in [0.05, 0.1) is 5.69 Å². The summed E-state index contributed by atoms with van der Waals surface area (Å²) in [6.07, 6.45) is 3.23. The second kappa shape index (κ2) is 6.26. The lowest BCUT2D eigenvalue weighted by Gasteiger charge is -2.08. The van der Waals surface area contributed by atoms with E-state index in [2.05, 4.69) is 9.97 Å². The van der Waals surface area contributed by atoms with Crippen LogP contribution in [0.25, 0.3) is 0 Å². The number of thioether (sulfide) groups is 1. The molecule has 0 amide bonds. The summed E-state index contributed by atoms with van der Waals surface area (Å²) in [6.45, 7) is 2.01. The van der Waals surface area contributed by atoms with Crippen LogP contribution in [0.15, 0.2) is 34.2 Å². The second-order valence-corrected chi connectivity index (χ2v) is 5.39. The van der Waals surface area contributed by atoms with Gasteiger partial charge in [0.2, 0.25) is 0 Å². The van der Waals surface area contributed by atoms with Gasteiger partial charge in [-0.2, -0.15) is 0 Å². The normalized spacial score (nSPS) is 10.7. The Morgan fingerprint density at radius 1 is 1.32 bits per heavy atom. The van der Waals surface area contributed by atoms with Gasteiger partial charge < -0.3 is 4.98 Å². The summed E-state index contributed by atoms with van der Waals surface area (Å²) in [5.74, 6) is 0. The number of hydrogen-bond donors (Lipinski definition) is 1. The molecule has 5 heteroatoms. The molecule has 0 saturated heterocycles. The average molecular weight is 295 g/mol. The Hall–Kier alpha value is -1.26. The van der Waals surface area contributed by atoms with Gasteiger partial charge in [-0.05, 0) is 30.4 Å². The highest BCUT2D eigenvalue weighted by Crippen LogP contribution is 2.15. The van der Waals surface area contributed by atoms with Crippen LogP contribution in [-0.2, 0) is 12.8 Å². The monoisotopic (exact) mass is 294 g/mol. The van der Waals surface area contributed by atoms with Crippen LogP contribution in [0, 0.1) is 0 Å². The fraction of sp³-hybridized carbons (Fsp3) is 0.286. The molecule has 19 heavy (non-hydrogen) atoms. The first-order chi connectivity index (χ1) is 9.13. The molecule has 0 radical (unpaired) electrons. The standard InChI is InChI=1S/C14H15ClN2OS/c1-3-12-11(13(18)17-14(16-12)19-2)8-9-4-6-10(15)7-5-9/h4-7H,3,8H2,1-2H3,(H,16,17,18). The maximum absolute atomic E-state index is 12.1. The predicted octanol–water partition coefficient (Wildman–Crippen LogP) is 3.30. The molecule has 1 heterocycles. The van der Waals surface area contributed by atoms with Crippen molar-refractivity contribution in [3.05, 3.63) is 56.5 Å². The van der Waals surface area contributed by atoms with Gasteiger partial charge in [-0.1, -0.05) is 42.4 Å². The molecule has 1 aromatic carbocycles. The van der Waals surface area contributed by atoms with Gasteiger partial charge in [-0.25, -0.2) is 4.98 Å². The fourth-order valence-electron chi connectivity index (χ4n) is 1.90. The number of nitrogens with zero attached hydrogens (tertiary/aromatic N) is 1. The molecule has 2 aromatic rings. The number of H-pyrrole nitrogens is 1. The van der Waals surface area contributed by atoms with Crippen LogP contribution in [0.4, 0.5) is 0 Å². The maximum Gasteiger partial charge on any atom is 0.255 e. The van der Waals surface area contributed by atoms with Crippen molar-refractivity contribution in [3.8, 4) is 0 Å². The lowest BCUT2D eigenvalue weighted by atomic mass is 10.0. The van der Waals surface area contributed by atoms with Gasteiger partial charge >= 0.3 is 0 Å². The zero-order chi connectivity index (χ0) is 13.8. The molecule has 0 spiro atoms. The molecule has 0 bridgehead atoms. The minimum atomic E-state index is -0.0499. The highest BCUT2D eigenvalue weighted by atomic mass is 35.5. The van der Waals surface area contributed by atoms with E-state index in [1.54, 1.807) is 0 Å². The van der Waals surface area contributed by atoms with E-state index >= 15 is 0 Å². The summed E-state index contributed by atoms with van der Waals surface area (Å²) in [5, 5.41) is 1.37. The number of halogens is 1. The van der Waals surface area contributed by atoms with Crippen molar-refractivity contribution >= 4 is 23.4 Å². The number of aromatic amines is 1. The topological polar surface area (TPSA) is 45.8 Å². The second-order valence-electron chi connectivity index (χ2n) is 4.16. The van der Waals surface area contributed by atoms with Gasteiger partial charge in [0.25, 0.3) is 5.56 Å². The largest absolute Gasteiger partial charge is 0.301 e. The smallest absolute Gasteiger partial charge is 0.255 e. The van der Waals surface area contributed by atoms with Crippen LogP contribution in [0.5, 0.6) is 0 Å². The van der Waals surface area contributed by atoms with Gasteiger partial charge in [0, 0.05) is 17.0 Å². The number of nitrogens with one attached hydrogen (secondary N) is 1. The molecule has 3 nitrogen and oxygen atoms in total. The van der Waals surface area contributed by atoms with E-state index in [1.165, 1.54) is 11.8 Å². The van der Waals surface area contributed by atoms with Gasteiger partial charge in [-0.3, -0.25) is 4.79 Å². The third kappa shape index (κ3) is 3.39. The first-order valence-electron chi connectivity index (χ1n) is 6.04. The van der Waals surface area contributed by atoms with E-state index < -0.39 is 0 Å². The van der Waals surface area contributed by atoms with Crippen LogP contribution in [0.2, 0.25) is 5.02 Å². The molecule has 100 valence electrons. The predicted molar refractivity (Wildman–Crippen MR) is 80.3 cm³/mol. The minimum absolute atomic E-state index is 0.0499. The Morgan fingerprint density at radius 3 is 2.58 bits per heavy atom. The SMILES string of the molecule is CCc1nc(SC)[nH]c(=O)c1Cc1ccc(Cl)cc1. The van der Waals surface area contributed by atoms with Crippen LogP contribution < -0.4 is 5.56 Å². The van der Waals surface area contributed by atoms with Crippen LogP contribution >= 0.6 is 23.4 Å². The molecule has 0 aliphatic carbocycles. The highest BCUT2D eigenvalue weighted by Gasteiger charge is 2.10. The van der Waals surface area contributed by atoms with Crippen molar-refractivity contribution in [1.29, 1.82) is 0 Å². The van der Waals surface area contributed by atoms with Crippen LogP contribution in [-0.4, -0.2) is 16.2 Å². The summed E-state index contributed by atoms with van der Waals surface area (Å²) in [6, 6.07) is 7.54. The van der Waals surface area contributed by atoms with Gasteiger partial charge in [0.15, 0.2) is 5.16 Å². The Bertz CT molecular complexity index is 622. The van der Waals surface area contributed by atoms with Gasteiger partial charge in [0.1, 0.15) is 0 Å². The van der Waals surface area contributed by atoms with Crippen LogP contribution in [0.1, 0.15) is 23.7 Å². The minimum Gasteiger partial charge on any atom is -0.301 e. The fourth-order valence-corrected chi connectivity index (χ4v) is 2.42. The number of hydrogen-bond acceptors (Lipinski definition) is 3. The first kappa shape index (κ1) is 14.2. The molecule has 0 atom stereocenters. The average Bonchev–Trinajstić information content (AvgIpc) is 2.43. The van der Waals surface area contributed by atoms with E-state index in [1.807, 2.05) is 37.4 Å². The molecule has 2 rings (SSSR count). The van der Waals surface area contributed by atoms with E-state index in [0.29, 0.717) is 16.6 Å². The maximum atomic E-state index is 12.1. The Morgan fingerprint density at radius 2 is 2.00 bits per heavy atom. The number of aryl methyl sites for hydroxylation is 1. The summed E-state index contributed by atoms with van der Waals surface area (Å²) < 4.78 is 0. The lowest BCUT2D eigenvalue weighted by molar-refractivity contribution is 0.833. The molecular formula is C14H15ClN2OS. The summed E-state index contributed by atoms with van der Waals surface area (Å²) in [7, 11) is 0.